The van der Waals surface area contributed by atoms with Crippen molar-refractivity contribution in [2.45, 2.75) is 70.9 Å². The first-order valence-corrected chi connectivity index (χ1v) is 14.3. The molecule has 4 aliphatic carbocycles. The maximum Gasteiger partial charge on any atom is 0.457 e. The molecule has 41 heavy (non-hydrogen) atoms. The number of ether oxygens (including phenoxy) is 1. The van der Waals surface area contributed by atoms with Crippen LogP contribution in [0.5, 0.6) is 0 Å². The third-order valence-corrected chi connectivity index (χ3v) is 10.0. The molecule has 218 valence electrons. The molecule has 0 amide bonds. The van der Waals surface area contributed by atoms with Crippen LogP contribution in [0.3, 0.4) is 0 Å². The first-order valence-electron chi connectivity index (χ1n) is 14.3. The third kappa shape index (κ3) is 5.13. The van der Waals surface area contributed by atoms with Crippen LogP contribution >= 0.6 is 0 Å². The average Bonchev–Trinajstić information content (AvgIpc) is 3.22. The molecule has 0 heterocycles. The lowest BCUT2D eigenvalue weighted by Gasteiger charge is -2.54. The molecule has 1 aromatic rings. The maximum atomic E-state index is 13.8. The van der Waals surface area contributed by atoms with Gasteiger partial charge in [-0.05, 0) is 90.7 Å². The number of esters is 1. The van der Waals surface area contributed by atoms with Crippen molar-refractivity contribution in [1.29, 1.82) is 0 Å². The predicted octanol–water partition coefficient (Wildman–Crippen LogP) is 6.34. The van der Waals surface area contributed by atoms with Crippen molar-refractivity contribution in [3.05, 3.63) is 52.6 Å². The van der Waals surface area contributed by atoms with Gasteiger partial charge in [0, 0.05) is 45.0 Å². The topological polar surface area (TPSA) is 63.7 Å². The molecule has 0 bridgehead atoms. The van der Waals surface area contributed by atoms with Crippen LogP contribution in [0.1, 0.15) is 70.3 Å². The van der Waals surface area contributed by atoms with Gasteiger partial charge in [-0.1, -0.05) is 30.6 Å². The van der Waals surface area contributed by atoms with Gasteiger partial charge >= 0.3 is 12.1 Å². The average molecular weight is 568 g/mol. The number of hydrogen-bond donors (Lipinski definition) is 0. The van der Waals surface area contributed by atoms with Gasteiger partial charge in [-0.2, -0.15) is 13.2 Å². The quantitative estimate of drug-likeness (QED) is 0.307. The highest BCUT2D eigenvalue weighted by atomic mass is 19.4. The van der Waals surface area contributed by atoms with Crippen molar-refractivity contribution in [3.8, 4) is 11.8 Å². The molecule has 0 radical (unpaired) electrons. The van der Waals surface area contributed by atoms with Crippen LogP contribution in [-0.2, 0) is 19.1 Å². The van der Waals surface area contributed by atoms with Crippen LogP contribution in [0.15, 0.2) is 47.1 Å². The van der Waals surface area contributed by atoms with Crippen LogP contribution in [0, 0.1) is 34.5 Å². The second kappa shape index (κ2) is 10.5. The molecular formula is C33H36F3NO4. The Morgan fingerprint density at radius 3 is 2.44 bits per heavy atom. The van der Waals surface area contributed by atoms with E-state index < -0.39 is 35.4 Å². The van der Waals surface area contributed by atoms with E-state index in [1.165, 1.54) is 24.0 Å². The zero-order chi connectivity index (χ0) is 29.7. The zero-order valence-electron chi connectivity index (χ0n) is 24.0. The van der Waals surface area contributed by atoms with Crippen molar-refractivity contribution in [2.75, 3.05) is 25.6 Å². The second-order valence-electron chi connectivity index (χ2n) is 12.4. The van der Waals surface area contributed by atoms with Crippen LogP contribution in [0.2, 0.25) is 0 Å². The molecule has 0 N–H and O–H groups in total. The minimum absolute atomic E-state index is 0.0590. The molecule has 4 aliphatic rings. The Balaban J connectivity index is 1.68. The SMILES string of the molecule is CC(=O)OCC(=O)[C@]1(C#CC(F)(F)F)CC[C@H]2[C@@H]3CCC4=CC(=O)CCC4=C3[C@@H](c3ccc(N(C)C)cc3)C[C@@]21C. The fourth-order valence-corrected chi connectivity index (χ4v) is 8.19. The number of Topliss-reactive ketones (excluding diaryl/α,β-unsaturated/α-hetero) is 1. The molecule has 5 nitrogen and oxygen atoms in total. The number of fused-ring (bicyclic) bond motifs is 4. The molecule has 5 rings (SSSR count). The van der Waals surface area contributed by atoms with Crippen molar-refractivity contribution in [1.82, 2.24) is 0 Å². The van der Waals surface area contributed by atoms with Gasteiger partial charge in [-0.15, -0.1) is 0 Å². The van der Waals surface area contributed by atoms with Crippen LogP contribution in [0.25, 0.3) is 0 Å². The lowest BCUT2D eigenvalue weighted by Crippen LogP contribution is -2.51. The highest BCUT2D eigenvalue weighted by Crippen LogP contribution is 2.69. The number of carbonyl (C=O) groups excluding carboxylic acids is 3. The molecule has 0 spiro atoms. The summed E-state index contributed by atoms with van der Waals surface area (Å²) in [5.41, 5.74) is 3.17. The van der Waals surface area contributed by atoms with E-state index >= 15 is 0 Å². The van der Waals surface area contributed by atoms with Gasteiger partial charge in [0.05, 0.1) is 5.41 Å². The smallest absolute Gasteiger partial charge is 0.457 e. The van der Waals surface area contributed by atoms with E-state index in [4.69, 9.17) is 4.74 Å². The maximum absolute atomic E-state index is 13.8. The number of benzene rings is 1. The van der Waals surface area contributed by atoms with Gasteiger partial charge in [0.1, 0.15) is 0 Å². The van der Waals surface area contributed by atoms with Gasteiger partial charge in [0.2, 0.25) is 0 Å². The summed E-state index contributed by atoms with van der Waals surface area (Å²) in [7, 11) is 3.92. The first-order chi connectivity index (χ1) is 19.3. The Labute approximate surface area is 239 Å². The number of rotatable bonds is 5. The van der Waals surface area contributed by atoms with Crippen molar-refractivity contribution in [2.24, 2.45) is 22.7 Å². The van der Waals surface area contributed by atoms with Gasteiger partial charge in [0.25, 0.3) is 0 Å². The minimum Gasteiger partial charge on any atom is -0.458 e. The molecule has 0 saturated heterocycles. The third-order valence-electron chi connectivity index (χ3n) is 10.0. The lowest BCUT2D eigenvalue weighted by atomic mass is 9.48. The normalized spacial score (nSPS) is 30.8. The largest absolute Gasteiger partial charge is 0.458 e. The highest BCUT2D eigenvalue weighted by molar-refractivity contribution is 5.93. The molecule has 0 aromatic heterocycles. The number of nitrogens with zero attached hydrogens (tertiary/aromatic N) is 1. The predicted molar refractivity (Wildman–Crippen MR) is 149 cm³/mol. The van der Waals surface area contributed by atoms with E-state index in [1.807, 2.05) is 38.1 Å². The van der Waals surface area contributed by atoms with Gasteiger partial charge < -0.3 is 9.64 Å². The summed E-state index contributed by atoms with van der Waals surface area (Å²) in [6.07, 6.45) is 0.812. The summed E-state index contributed by atoms with van der Waals surface area (Å²) >= 11 is 0. The van der Waals surface area contributed by atoms with Gasteiger partial charge in [-0.25, -0.2) is 0 Å². The molecule has 2 fully saturated rings. The molecule has 0 unspecified atom stereocenters. The van der Waals surface area contributed by atoms with Crippen molar-refractivity contribution >= 4 is 23.2 Å². The van der Waals surface area contributed by atoms with Gasteiger partial charge in [0.15, 0.2) is 18.2 Å². The van der Waals surface area contributed by atoms with Crippen LogP contribution in [0.4, 0.5) is 18.9 Å². The number of hydrogen-bond acceptors (Lipinski definition) is 5. The number of allylic oxidation sites excluding steroid dienone is 4. The minimum atomic E-state index is -4.76. The van der Waals surface area contributed by atoms with E-state index in [-0.39, 0.29) is 30.0 Å². The van der Waals surface area contributed by atoms with Crippen LogP contribution < -0.4 is 4.90 Å². The summed E-state index contributed by atoms with van der Waals surface area (Å²) in [5.74, 6) is 2.67. The summed E-state index contributed by atoms with van der Waals surface area (Å²) in [6.45, 7) is 2.51. The number of anilines is 1. The molecule has 2 saturated carbocycles. The fourth-order valence-electron chi connectivity index (χ4n) is 8.19. The summed E-state index contributed by atoms with van der Waals surface area (Å²) in [5, 5.41) is 0. The van der Waals surface area contributed by atoms with E-state index in [1.54, 1.807) is 6.08 Å². The Bertz CT molecular complexity index is 1390. The number of alkyl halides is 3. The van der Waals surface area contributed by atoms with E-state index in [0.717, 1.165) is 29.7 Å². The van der Waals surface area contributed by atoms with Crippen molar-refractivity contribution < 1.29 is 32.3 Å². The van der Waals surface area contributed by atoms with E-state index in [2.05, 4.69) is 18.1 Å². The van der Waals surface area contributed by atoms with Crippen LogP contribution in [-0.4, -0.2) is 44.4 Å². The molecule has 1 aromatic carbocycles. The van der Waals surface area contributed by atoms with Crippen molar-refractivity contribution in [3.63, 3.8) is 0 Å². The Hall–Kier alpha value is -3.34. The summed E-state index contributed by atoms with van der Waals surface area (Å²) in [6, 6.07) is 8.20. The molecule has 0 aliphatic heterocycles. The number of halogens is 3. The van der Waals surface area contributed by atoms with E-state index in [9.17, 15) is 27.6 Å². The molecular weight excluding hydrogens is 531 g/mol. The van der Waals surface area contributed by atoms with Gasteiger partial charge in [-0.3, -0.25) is 14.4 Å². The monoisotopic (exact) mass is 567 g/mol. The molecule has 8 heteroatoms. The second-order valence-corrected chi connectivity index (χ2v) is 12.4. The number of carbonyl (C=O) groups is 3. The summed E-state index contributed by atoms with van der Waals surface area (Å²) in [4.78, 5) is 39.7. The highest BCUT2D eigenvalue weighted by Gasteiger charge is 2.65. The Morgan fingerprint density at radius 2 is 1.80 bits per heavy atom. The summed E-state index contributed by atoms with van der Waals surface area (Å²) < 4.78 is 45.6. The number of ketones is 2. The standard InChI is InChI=1S/C33H36F3NO4/c1-20(38)41-19-29(40)32(15-16-33(34,35)36)14-13-28-26-11-7-22-17-24(39)10-12-25(22)30(26)27(18-31(28,32)2)21-5-8-23(9-6-21)37(3)4/h5-6,8-9,17,26-28H,7,10-14,18-19H2,1-4H3/t26-,27+,28-,31-,32+/m0/s1. The lowest BCUT2D eigenvalue weighted by molar-refractivity contribution is -0.150. The fraction of sp³-hybridized carbons (Fsp3) is 0.545. The zero-order valence-corrected chi connectivity index (χ0v) is 24.0. The Morgan fingerprint density at radius 1 is 1.10 bits per heavy atom. The Kier molecular flexibility index (Phi) is 7.46. The van der Waals surface area contributed by atoms with E-state index in [0.29, 0.717) is 25.7 Å². The molecule has 5 atom stereocenters. The first kappa shape index (κ1) is 29.2.